The monoisotopic (exact) mass is 396 g/mol. The molecule has 1 N–H and O–H groups in total. The summed E-state index contributed by atoms with van der Waals surface area (Å²) in [4.78, 5) is 16.4. The minimum Gasteiger partial charge on any atom is -0.472 e. The van der Waals surface area contributed by atoms with Gasteiger partial charge in [-0.25, -0.2) is 4.68 Å². The van der Waals surface area contributed by atoms with Crippen molar-refractivity contribution in [2.45, 2.75) is 6.92 Å². The molecule has 0 radical (unpaired) electrons. The third kappa shape index (κ3) is 5.00. The zero-order chi connectivity index (χ0) is 19.1. The van der Waals surface area contributed by atoms with Crippen molar-refractivity contribution in [2.24, 2.45) is 5.16 Å². The summed E-state index contributed by atoms with van der Waals surface area (Å²) in [5.74, 6) is 0.0785. The minimum atomic E-state index is -0.343. The molecule has 0 saturated carbocycles. The lowest BCUT2D eigenvalue weighted by Gasteiger charge is -2.05. The molecule has 2 aromatic rings. The Kier molecular flexibility index (Phi) is 7.06. The number of hydrogen-bond acceptors (Lipinski definition) is 5. The van der Waals surface area contributed by atoms with Crippen molar-refractivity contribution < 1.29 is 14.4 Å². The van der Waals surface area contributed by atoms with Gasteiger partial charge in [-0.3, -0.25) is 4.79 Å². The number of oxime groups is 1. The predicted molar refractivity (Wildman–Crippen MR) is 101 cm³/mol. The quantitative estimate of drug-likeness (QED) is 0.575. The van der Waals surface area contributed by atoms with Crippen molar-refractivity contribution in [3.63, 3.8) is 0 Å². The van der Waals surface area contributed by atoms with Crippen LogP contribution in [0.1, 0.15) is 6.92 Å². The van der Waals surface area contributed by atoms with Gasteiger partial charge in [0.1, 0.15) is 13.7 Å². The average Bonchev–Trinajstić information content (AvgIpc) is 3.10. The van der Waals surface area contributed by atoms with Gasteiger partial charge < -0.3 is 14.9 Å². The lowest BCUT2D eigenvalue weighted by molar-refractivity contribution is -0.114. The van der Waals surface area contributed by atoms with Crippen LogP contribution in [0, 0.1) is 0 Å². The van der Waals surface area contributed by atoms with E-state index in [1.807, 2.05) is 0 Å². The maximum absolute atomic E-state index is 11.7. The Hall–Kier alpha value is -2.51. The molecule has 26 heavy (non-hydrogen) atoms. The van der Waals surface area contributed by atoms with E-state index < -0.39 is 0 Å². The van der Waals surface area contributed by atoms with Crippen LogP contribution in [0.5, 0.6) is 5.88 Å². The number of ether oxygens (including phenoxy) is 1. The van der Waals surface area contributed by atoms with Gasteiger partial charge in [0.2, 0.25) is 5.88 Å². The van der Waals surface area contributed by atoms with Gasteiger partial charge in [-0.15, -0.1) is 5.10 Å². The molecule has 0 aliphatic rings. The maximum atomic E-state index is 11.7. The molecule has 138 valence electrons. The molecule has 9 heteroatoms. The van der Waals surface area contributed by atoms with Crippen LogP contribution in [0.4, 0.5) is 0 Å². The van der Waals surface area contributed by atoms with Gasteiger partial charge in [0, 0.05) is 19.3 Å². The van der Waals surface area contributed by atoms with E-state index in [0.29, 0.717) is 21.5 Å². The SMILES string of the molecule is CNC(=O)C(=N/OC)/C(C)=C/COc1ccn(-c2ccc(Cl)c(Cl)c2)n1. The van der Waals surface area contributed by atoms with Crippen LogP contribution in [0.15, 0.2) is 47.3 Å². The lowest BCUT2D eigenvalue weighted by atomic mass is 10.1. The number of carbonyl (C=O) groups is 1. The number of benzene rings is 1. The fraction of sp³-hybridized carbons (Fsp3) is 0.235. The number of nitrogens with one attached hydrogen (secondary N) is 1. The Balaban J connectivity index is 2.04. The molecule has 0 unspecified atom stereocenters. The number of nitrogens with zero attached hydrogens (tertiary/aromatic N) is 3. The second-order valence-electron chi connectivity index (χ2n) is 5.10. The first kappa shape index (κ1) is 19.8. The summed E-state index contributed by atoms with van der Waals surface area (Å²) >= 11 is 11.9. The van der Waals surface area contributed by atoms with E-state index in [0.717, 1.165) is 5.69 Å². The first-order valence-corrected chi connectivity index (χ1v) is 8.36. The molecule has 0 bridgehead atoms. The molecule has 1 aromatic carbocycles. The highest BCUT2D eigenvalue weighted by Crippen LogP contribution is 2.24. The van der Waals surface area contributed by atoms with Crippen molar-refractivity contribution in [3.05, 3.63) is 52.2 Å². The predicted octanol–water partition coefficient (Wildman–Crippen LogP) is 3.25. The largest absolute Gasteiger partial charge is 0.472 e. The van der Waals surface area contributed by atoms with Crippen LogP contribution < -0.4 is 10.1 Å². The Bertz CT molecular complexity index is 846. The highest BCUT2D eigenvalue weighted by atomic mass is 35.5. The van der Waals surface area contributed by atoms with Gasteiger partial charge >= 0.3 is 0 Å². The molecule has 0 spiro atoms. The van der Waals surface area contributed by atoms with E-state index in [1.54, 1.807) is 48.1 Å². The van der Waals surface area contributed by atoms with Crippen LogP contribution in [-0.4, -0.2) is 42.2 Å². The molecular formula is C17H18Cl2N4O3. The second kappa shape index (κ2) is 9.26. The van der Waals surface area contributed by atoms with E-state index in [4.69, 9.17) is 32.8 Å². The van der Waals surface area contributed by atoms with Gasteiger partial charge in [-0.1, -0.05) is 28.4 Å². The fourth-order valence-electron chi connectivity index (χ4n) is 2.01. The number of rotatable bonds is 7. The lowest BCUT2D eigenvalue weighted by Crippen LogP contribution is -2.28. The van der Waals surface area contributed by atoms with Gasteiger partial charge in [0.15, 0.2) is 5.71 Å². The summed E-state index contributed by atoms with van der Waals surface area (Å²) in [6, 6.07) is 6.92. The summed E-state index contributed by atoms with van der Waals surface area (Å²) in [6.07, 6.45) is 3.46. The minimum absolute atomic E-state index is 0.180. The van der Waals surface area contributed by atoms with Crippen molar-refractivity contribution in [2.75, 3.05) is 20.8 Å². The van der Waals surface area contributed by atoms with Crippen molar-refractivity contribution in [1.82, 2.24) is 15.1 Å². The first-order valence-electron chi connectivity index (χ1n) is 7.60. The topological polar surface area (TPSA) is 77.7 Å². The van der Waals surface area contributed by atoms with Gasteiger partial charge in [0.25, 0.3) is 5.91 Å². The Labute approximate surface area is 161 Å². The van der Waals surface area contributed by atoms with E-state index in [-0.39, 0.29) is 18.2 Å². The summed E-state index contributed by atoms with van der Waals surface area (Å²) < 4.78 is 7.20. The smallest absolute Gasteiger partial charge is 0.273 e. The summed E-state index contributed by atoms with van der Waals surface area (Å²) in [7, 11) is 2.90. The van der Waals surface area contributed by atoms with E-state index in [2.05, 4.69) is 15.6 Å². The van der Waals surface area contributed by atoms with Crippen LogP contribution in [-0.2, 0) is 9.63 Å². The third-order valence-electron chi connectivity index (χ3n) is 3.35. The van der Waals surface area contributed by atoms with Crippen molar-refractivity contribution in [3.8, 4) is 11.6 Å². The van der Waals surface area contributed by atoms with E-state index in [9.17, 15) is 4.79 Å². The van der Waals surface area contributed by atoms with Gasteiger partial charge in [0.05, 0.1) is 15.7 Å². The van der Waals surface area contributed by atoms with Crippen LogP contribution in [0.2, 0.25) is 10.0 Å². The Morgan fingerprint density at radius 3 is 2.77 bits per heavy atom. The van der Waals surface area contributed by atoms with Gasteiger partial charge in [-0.05, 0) is 36.8 Å². The molecule has 0 aliphatic carbocycles. The van der Waals surface area contributed by atoms with Crippen molar-refractivity contribution in [1.29, 1.82) is 0 Å². The molecule has 1 heterocycles. The number of carbonyl (C=O) groups excluding carboxylic acids is 1. The molecule has 2 rings (SSSR count). The van der Waals surface area contributed by atoms with Crippen LogP contribution in [0.3, 0.4) is 0 Å². The molecule has 1 aromatic heterocycles. The summed E-state index contributed by atoms with van der Waals surface area (Å²) in [5, 5.41) is 11.4. The number of hydrogen-bond donors (Lipinski definition) is 1. The van der Waals surface area contributed by atoms with Crippen LogP contribution in [0.25, 0.3) is 5.69 Å². The zero-order valence-corrected chi connectivity index (χ0v) is 16.0. The number of amides is 1. The standard InChI is InChI=1S/C17H18Cl2N4O3/c1-11(16(22-25-3)17(24)20-2)7-9-26-15-6-8-23(21-15)12-4-5-13(18)14(19)10-12/h4-8,10H,9H2,1-3H3,(H,20,24)/b11-7+,22-16+. The molecule has 1 amide bonds. The Morgan fingerprint density at radius 1 is 1.35 bits per heavy atom. The molecule has 7 nitrogen and oxygen atoms in total. The molecule has 0 saturated heterocycles. The molecule has 0 aliphatic heterocycles. The highest BCUT2D eigenvalue weighted by Gasteiger charge is 2.12. The van der Waals surface area contributed by atoms with Crippen molar-refractivity contribution >= 4 is 34.8 Å². The third-order valence-corrected chi connectivity index (χ3v) is 4.09. The Morgan fingerprint density at radius 2 is 2.12 bits per heavy atom. The fourth-order valence-corrected chi connectivity index (χ4v) is 2.30. The maximum Gasteiger partial charge on any atom is 0.273 e. The number of aromatic nitrogens is 2. The normalized spacial score (nSPS) is 12.0. The number of halogens is 2. The molecule has 0 fully saturated rings. The zero-order valence-electron chi connectivity index (χ0n) is 14.5. The first-order chi connectivity index (χ1) is 12.5. The van der Waals surface area contributed by atoms with Crippen LogP contribution >= 0.6 is 23.2 Å². The second-order valence-corrected chi connectivity index (χ2v) is 5.91. The highest BCUT2D eigenvalue weighted by molar-refractivity contribution is 6.45. The molecule has 0 atom stereocenters. The van der Waals surface area contributed by atoms with E-state index >= 15 is 0 Å². The van der Waals surface area contributed by atoms with E-state index in [1.165, 1.54) is 14.2 Å². The molecular weight excluding hydrogens is 379 g/mol. The van der Waals surface area contributed by atoms with Gasteiger partial charge in [-0.2, -0.15) is 0 Å². The summed E-state index contributed by atoms with van der Waals surface area (Å²) in [5.41, 5.74) is 1.56. The average molecular weight is 397 g/mol. The summed E-state index contributed by atoms with van der Waals surface area (Å²) in [6.45, 7) is 1.95.